The largest absolute Gasteiger partial charge is 0.389 e. The van der Waals surface area contributed by atoms with Gasteiger partial charge in [0, 0.05) is 18.8 Å². The highest BCUT2D eigenvalue weighted by atomic mass is 79.9. The SMILES string of the molecule is CCc1[nH]c2nc(Nc3cnc4c(c3)nnn4C(C)C)nc(N3CC(O)C3)c2c1Br. The summed E-state index contributed by atoms with van der Waals surface area (Å²) in [6.45, 7) is 7.27. The van der Waals surface area contributed by atoms with Crippen LogP contribution in [0.2, 0.25) is 0 Å². The average molecular weight is 472 g/mol. The Kier molecular flexibility index (Phi) is 4.58. The number of anilines is 3. The Balaban J connectivity index is 1.55. The summed E-state index contributed by atoms with van der Waals surface area (Å²) >= 11 is 3.68. The molecule has 11 heteroatoms. The number of hydrogen-bond donors (Lipinski definition) is 3. The van der Waals surface area contributed by atoms with Gasteiger partial charge in [-0.2, -0.15) is 9.97 Å². The molecule has 0 radical (unpaired) electrons. The Morgan fingerprint density at radius 2 is 2.13 bits per heavy atom. The van der Waals surface area contributed by atoms with Crippen LogP contribution in [0.15, 0.2) is 16.7 Å². The first-order valence-corrected chi connectivity index (χ1v) is 10.7. The van der Waals surface area contributed by atoms with E-state index >= 15 is 0 Å². The van der Waals surface area contributed by atoms with Gasteiger partial charge in [-0.15, -0.1) is 5.10 Å². The molecular formula is C19H22BrN9O. The molecule has 10 nitrogen and oxygen atoms in total. The third-order valence-electron chi connectivity index (χ3n) is 5.22. The van der Waals surface area contributed by atoms with Crippen molar-refractivity contribution in [1.29, 1.82) is 0 Å². The number of H-pyrrole nitrogens is 1. The molecule has 4 aromatic rings. The van der Waals surface area contributed by atoms with Gasteiger partial charge in [-0.1, -0.05) is 12.1 Å². The van der Waals surface area contributed by atoms with Gasteiger partial charge in [0.05, 0.1) is 33.9 Å². The van der Waals surface area contributed by atoms with Gasteiger partial charge in [-0.3, -0.25) is 0 Å². The van der Waals surface area contributed by atoms with Crippen molar-refractivity contribution in [2.45, 2.75) is 39.3 Å². The van der Waals surface area contributed by atoms with E-state index < -0.39 is 0 Å². The Bertz CT molecular complexity index is 1240. The second-order valence-corrected chi connectivity index (χ2v) is 8.54. The van der Waals surface area contributed by atoms with E-state index in [1.165, 1.54) is 0 Å². The number of nitrogens with one attached hydrogen (secondary N) is 2. The van der Waals surface area contributed by atoms with Gasteiger partial charge in [0.25, 0.3) is 0 Å². The second kappa shape index (κ2) is 7.17. The van der Waals surface area contributed by atoms with Crippen molar-refractivity contribution in [3.8, 4) is 0 Å². The van der Waals surface area contributed by atoms with E-state index in [-0.39, 0.29) is 12.1 Å². The molecule has 3 N–H and O–H groups in total. The van der Waals surface area contributed by atoms with Gasteiger partial charge in [0.1, 0.15) is 17.0 Å². The number of hydrogen-bond acceptors (Lipinski definition) is 8. The lowest BCUT2D eigenvalue weighted by Crippen LogP contribution is -2.51. The Morgan fingerprint density at radius 3 is 2.83 bits per heavy atom. The zero-order valence-electron chi connectivity index (χ0n) is 16.9. The molecule has 1 aliphatic heterocycles. The summed E-state index contributed by atoms with van der Waals surface area (Å²) in [7, 11) is 0. The smallest absolute Gasteiger partial charge is 0.231 e. The van der Waals surface area contributed by atoms with Crippen molar-refractivity contribution < 1.29 is 5.11 Å². The molecule has 0 spiro atoms. The number of nitrogens with zero attached hydrogens (tertiary/aromatic N) is 7. The number of rotatable bonds is 5. The van der Waals surface area contributed by atoms with Crippen LogP contribution < -0.4 is 10.2 Å². The summed E-state index contributed by atoms with van der Waals surface area (Å²) in [4.78, 5) is 19.3. The summed E-state index contributed by atoms with van der Waals surface area (Å²) < 4.78 is 2.76. The monoisotopic (exact) mass is 471 g/mol. The molecule has 5 rings (SSSR count). The molecule has 0 aliphatic carbocycles. The fourth-order valence-corrected chi connectivity index (χ4v) is 4.37. The van der Waals surface area contributed by atoms with Crippen LogP contribution in [0.25, 0.3) is 22.2 Å². The summed E-state index contributed by atoms with van der Waals surface area (Å²) in [6, 6.07) is 2.07. The molecule has 1 fully saturated rings. The minimum atomic E-state index is -0.329. The number of aryl methyl sites for hydroxylation is 1. The molecule has 4 aromatic heterocycles. The van der Waals surface area contributed by atoms with Crippen molar-refractivity contribution in [1.82, 2.24) is 34.9 Å². The third-order valence-corrected chi connectivity index (χ3v) is 6.09. The fraction of sp³-hybridized carbons (Fsp3) is 0.421. The maximum absolute atomic E-state index is 9.78. The van der Waals surface area contributed by atoms with Crippen LogP contribution in [0.4, 0.5) is 17.5 Å². The molecule has 0 bridgehead atoms. The molecule has 1 saturated heterocycles. The average Bonchev–Trinajstić information content (AvgIpc) is 3.25. The lowest BCUT2D eigenvalue weighted by Gasteiger charge is -2.37. The molecule has 0 amide bonds. The van der Waals surface area contributed by atoms with Crippen LogP contribution in [0, 0.1) is 0 Å². The summed E-state index contributed by atoms with van der Waals surface area (Å²) in [6.07, 6.45) is 2.24. The molecule has 1 aliphatic rings. The predicted molar refractivity (Wildman–Crippen MR) is 118 cm³/mol. The quantitative estimate of drug-likeness (QED) is 0.406. The van der Waals surface area contributed by atoms with E-state index in [0.717, 1.165) is 44.8 Å². The number of halogens is 1. The molecule has 0 unspecified atom stereocenters. The second-order valence-electron chi connectivity index (χ2n) is 7.74. The van der Waals surface area contributed by atoms with Crippen LogP contribution in [-0.4, -0.2) is 59.2 Å². The van der Waals surface area contributed by atoms with Crippen LogP contribution in [0.5, 0.6) is 0 Å². The van der Waals surface area contributed by atoms with E-state index in [9.17, 15) is 5.11 Å². The number of aliphatic hydroxyl groups excluding tert-OH is 1. The predicted octanol–water partition coefficient (Wildman–Crippen LogP) is 2.93. The van der Waals surface area contributed by atoms with Crippen molar-refractivity contribution in [2.75, 3.05) is 23.3 Å². The molecule has 30 heavy (non-hydrogen) atoms. The number of pyridine rings is 1. The van der Waals surface area contributed by atoms with E-state index in [2.05, 4.69) is 53.4 Å². The maximum Gasteiger partial charge on any atom is 0.231 e. The molecule has 0 atom stereocenters. The number of aromatic amines is 1. The molecule has 0 saturated carbocycles. The van der Waals surface area contributed by atoms with Crippen molar-refractivity contribution in [3.05, 3.63) is 22.4 Å². The Labute approximate surface area is 180 Å². The van der Waals surface area contributed by atoms with Gasteiger partial charge in [0.15, 0.2) is 5.65 Å². The number of fused-ring (bicyclic) bond motifs is 2. The first-order chi connectivity index (χ1) is 14.4. The van der Waals surface area contributed by atoms with Crippen LogP contribution in [0.1, 0.15) is 32.5 Å². The van der Waals surface area contributed by atoms with Gasteiger partial charge < -0.3 is 20.3 Å². The maximum atomic E-state index is 9.78. The van der Waals surface area contributed by atoms with Crippen molar-refractivity contribution in [2.24, 2.45) is 0 Å². The molecule has 156 valence electrons. The minimum Gasteiger partial charge on any atom is -0.389 e. The molecule has 0 aromatic carbocycles. The van der Waals surface area contributed by atoms with Gasteiger partial charge in [0.2, 0.25) is 5.95 Å². The Hall–Kier alpha value is -2.79. The van der Waals surface area contributed by atoms with E-state index in [0.29, 0.717) is 24.6 Å². The summed E-state index contributed by atoms with van der Waals surface area (Å²) in [5, 5.41) is 22.3. The van der Waals surface area contributed by atoms with Crippen LogP contribution >= 0.6 is 15.9 Å². The highest BCUT2D eigenvalue weighted by molar-refractivity contribution is 9.10. The number of aliphatic hydroxyl groups is 1. The van der Waals surface area contributed by atoms with E-state index in [1.807, 2.05) is 24.8 Å². The van der Waals surface area contributed by atoms with Gasteiger partial charge in [-0.25, -0.2) is 9.67 Å². The highest BCUT2D eigenvalue weighted by Gasteiger charge is 2.29. The third kappa shape index (κ3) is 3.08. The summed E-state index contributed by atoms with van der Waals surface area (Å²) in [5.41, 5.74) is 3.98. The zero-order chi connectivity index (χ0) is 21.0. The van der Waals surface area contributed by atoms with E-state index in [4.69, 9.17) is 4.98 Å². The topological polar surface area (TPSA) is 121 Å². The fourth-order valence-electron chi connectivity index (χ4n) is 3.63. The van der Waals surface area contributed by atoms with Crippen LogP contribution in [-0.2, 0) is 6.42 Å². The number of aromatic nitrogens is 7. The normalized spacial score (nSPS) is 14.8. The lowest BCUT2D eigenvalue weighted by molar-refractivity contribution is 0.141. The van der Waals surface area contributed by atoms with Crippen LogP contribution in [0.3, 0.4) is 0 Å². The standard InChI is InChI=1S/C19H22BrN9O/c1-4-12-15(20)14-16(23-12)24-19(25-18(14)28-7-11(30)8-28)22-10-5-13-17(21-6-10)29(9(2)3)27-26-13/h5-6,9,11,30H,4,7-8H2,1-3H3,(H2,22,23,24,25). The van der Waals surface area contributed by atoms with Gasteiger partial charge in [-0.05, 0) is 42.3 Å². The van der Waals surface area contributed by atoms with Gasteiger partial charge >= 0.3 is 0 Å². The highest BCUT2D eigenvalue weighted by Crippen LogP contribution is 2.36. The first-order valence-electron chi connectivity index (χ1n) is 9.93. The first kappa shape index (κ1) is 19.2. The van der Waals surface area contributed by atoms with Crippen molar-refractivity contribution in [3.63, 3.8) is 0 Å². The number of β-amino-alcohol motifs (C(OH)–C–C–N with tert-alkyl or cyclic N) is 1. The molecule has 5 heterocycles. The summed E-state index contributed by atoms with van der Waals surface area (Å²) in [5.74, 6) is 1.24. The minimum absolute atomic E-state index is 0.181. The van der Waals surface area contributed by atoms with Crippen molar-refractivity contribution >= 4 is 55.6 Å². The van der Waals surface area contributed by atoms with E-state index in [1.54, 1.807) is 10.9 Å². The zero-order valence-corrected chi connectivity index (χ0v) is 18.5. The molecular weight excluding hydrogens is 450 g/mol. The lowest BCUT2D eigenvalue weighted by atomic mass is 10.1. The Morgan fingerprint density at radius 1 is 1.33 bits per heavy atom.